The second-order valence-electron chi connectivity index (χ2n) is 7.89. The molecule has 0 radical (unpaired) electrons. The van der Waals surface area contributed by atoms with Crippen molar-refractivity contribution in [3.63, 3.8) is 0 Å². The second-order valence-corrected chi connectivity index (χ2v) is 8.30. The number of ketones is 1. The maximum absolute atomic E-state index is 12.8. The van der Waals surface area contributed by atoms with E-state index in [1.165, 1.54) is 41.0 Å². The molecule has 200 valence electrons. The molecule has 0 fully saturated rings. The monoisotopic (exact) mass is 565 g/mol. The van der Waals surface area contributed by atoms with E-state index in [1.807, 2.05) is 6.07 Å². The van der Waals surface area contributed by atoms with E-state index in [0.717, 1.165) is 18.3 Å². The maximum atomic E-state index is 12.8. The van der Waals surface area contributed by atoms with Crippen molar-refractivity contribution in [3.05, 3.63) is 100 Å². The van der Waals surface area contributed by atoms with Gasteiger partial charge in [0, 0.05) is 23.4 Å². The van der Waals surface area contributed by atoms with Crippen molar-refractivity contribution in [2.45, 2.75) is 6.18 Å². The van der Waals surface area contributed by atoms with Crippen LogP contribution in [0.25, 0.3) is 23.3 Å². The third kappa shape index (κ3) is 6.20. The molecule has 0 bridgehead atoms. The van der Waals surface area contributed by atoms with Crippen LogP contribution in [-0.4, -0.2) is 43.5 Å². The van der Waals surface area contributed by atoms with Gasteiger partial charge in [-0.3, -0.25) is 34.8 Å². The van der Waals surface area contributed by atoms with Crippen molar-refractivity contribution in [1.29, 1.82) is 5.26 Å². The fourth-order valence-corrected chi connectivity index (χ4v) is 3.56. The number of benzene rings is 2. The highest BCUT2D eigenvalue weighted by molar-refractivity contribution is 6.32. The molecule has 2 amide bonds. The largest absolute Gasteiger partial charge is 0.454 e. The molecule has 4 rings (SSSR count). The minimum atomic E-state index is -5.05. The number of hydrogen-bond acceptors (Lipinski definition) is 7. The van der Waals surface area contributed by atoms with Crippen molar-refractivity contribution in [1.82, 2.24) is 30.6 Å². The van der Waals surface area contributed by atoms with Gasteiger partial charge in [-0.2, -0.15) is 18.4 Å². The van der Waals surface area contributed by atoms with E-state index in [0.29, 0.717) is 11.3 Å². The first-order valence-corrected chi connectivity index (χ1v) is 11.5. The van der Waals surface area contributed by atoms with Gasteiger partial charge in [0.05, 0.1) is 22.3 Å². The molecule has 0 saturated heterocycles. The van der Waals surface area contributed by atoms with E-state index in [1.54, 1.807) is 24.3 Å². The molecule has 0 aliphatic heterocycles. The number of nitrogens with one attached hydrogen (secondary N) is 2. The molecule has 4 aromatic rings. The molecule has 0 spiro atoms. The van der Waals surface area contributed by atoms with Crippen LogP contribution in [0.5, 0.6) is 0 Å². The summed E-state index contributed by atoms with van der Waals surface area (Å²) in [5.74, 6) is -3.24. The predicted octanol–water partition coefficient (Wildman–Crippen LogP) is 4.07. The average Bonchev–Trinajstić information content (AvgIpc) is 3.38. The van der Waals surface area contributed by atoms with Crippen LogP contribution in [0.2, 0.25) is 5.02 Å². The Balaban J connectivity index is 1.58. The molecular formula is C26H15ClF3N7O3. The van der Waals surface area contributed by atoms with E-state index < -0.39 is 29.3 Å². The summed E-state index contributed by atoms with van der Waals surface area (Å²) in [7, 11) is 0. The van der Waals surface area contributed by atoms with Gasteiger partial charge in [-0.15, -0.1) is 10.2 Å². The van der Waals surface area contributed by atoms with E-state index in [-0.39, 0.29) is 27.9 Å². The quantitative estimate of drug-likeness (QED) is 0.204. The summed E-state index contributed by atoms with van der Waals surface area (Å²) in [5.41, 5.74) is 4.81. The Morgan fingerprint density at radius 1 is 0.950 bits per heavy atom. The molecule has 14 heteroatoms. The van der Waals surface area contributed by atoms with Crippen LogP contribution < -0.4 is 10.9 Å². The Kier molecular flexibility index (Phi) is 8.02. The van der Waals surface area contributed by atoms with Crippen LogP contribution in [0.1, 0.15) is 32.1 Å². The van der Waals surface area contributed by atoms with Crippen molar-refractivity contribution < 1.29 is 27.6 Å². The van der Waals surface area contributed by atoms with Crippen molar-refractivity contribution in [3.8, 4) is 23.3 Å². The van der Waals surface area contributed by atoms with E-state index in [4.69, 9.17) is 16.9 Å². The number of nitriles is 1. The molecule has 0 saturated carbocycles. The first-order chi connectivity index (χ1) is 19.1. The molecule has 0 aliphatic carbocycles. The Morgan fingerprint density at radius 2 is 1.65 bits per heavy atom. The summed E-state index contributed by atoms with van der Waals surface area (Å²) in [6.07, 6.45) is -1.96. The van der Waals surface area contributed by atoms with Crippen LogP contribution >= 0.6 is 11.6 Å². The van der Waals surface area contributed by atoms with Gasteiger partial charge in [0.15, 0.2) is 11.6 Å². The van der Waals surface area contributed by atoms with Gasteiger partial charge in [-0.05, 0) is 54.6 Å². The van der Waals surface area contributed by atoms with E-state index in [2.05, 4.69) is 26.0 Å². The number of aromatic nitrogens is 4. The van der Waals surface area contributed by atoms with Crippen molar-refractivity contribution in [2.75, 3.05) is 0 Å². The molecule has 10 nitrogen and oxygen atoms in total. The number of pyridine rings is 1. The second kappa shape index (κ2) is 11.6. The summed E-state index contributed by atoms with van der Waals surface area (Å²) < 4.78 is 39.7. The highest BCUT2D eigenvalue weighted by Crippen LogP contribution is 2.28. The Bertz CT molecular complexity index is 1660. The molecule has 0 unspecified atom stereocenters. The SMILES string of the molecule is N#Cc1ccc(C(=O)NNC(=O)/C=C/c2nnc(-c3ccc(C(=O)C(F)(F)F)cn3)n2-c2ccccc2Cl)cc1. The van der Waals surface area contributed by atoms with E-state index in [9.17, 15) is 27.6 Å². The van der Waals surface area contributed by atoms with E-state index >= 15 is 0 Å². The summed E-state index contributed by atoms with van der Waals surface area (Å²) in [5, 5.41) is 17.2. The molecule has 0 atom stereocenters. The average molecular weight is 566 g/mol. The number of hydrazine groups is 1. The summed E-state index contributed by atoms with van der Waals surface area (Å²) in [6, 6.07) is 16.3. The third-order valence-corrected chi connectivity index (χ3v) is 5.57. The molecule has 2 heterocycles. The minimum Gasteiger partial charge on any atom is -0.284 e. The molecule has 2 aromatic carbocycles. The van der Waals surface area contributed by atoms with Gasteiger partial charge in [0.1, 0.15) is 5.69 Å². The minimum absolute atomic E-state index is 0.0632. The number of halogens is 4. The zero-order chi connectivity index (χ0) is 28.9. The summed E-state index contributed by atoms with van der Waals surface area (Å²) in [6.45, 7) is 0. The first-order valence-electron chi connectivity index (χ1n) is 11.2. The Hall–Kier alpha value is -5.35. The van der Waals surface area contributed by atoms with Gasteiger partial charge < -0.3 is 0 Å². The topological polar surface area (TPSA) is 143 Å². The fraction of sp³-hybridized carbons (Fsp3) is 0.0385. The number of para-hydroxylation sites is 1. The Morgan fingerprint density at radius 3 is 2.27 bits per heavy atom. The zero-order valence-electron chi connectivity index (χ0n) is 20.0. The molecular weight excluding hydrogens is 551 g/mol. The van der Waals surface area contributed by atoms with Gasteiger partial charge in [0.2, 0.25) is 0 Å². The number of hydrogen-bond donors (Lipinski definition) is 2. The molecule has 2 N–H and O–H groups in total. The fourth-order valence-electron chi connectivity index (χ4n) is 3.34. The lowest BCUT2D eigenvalue weighted by Gasteiger charge is -2.11. The number of nitrogens with zero attached hydrogens (tertiary/aromatic N) is 5. The van der Waals surface area contributed by atoms with Crippen LogP contribution in [-0.2, 0) is 4.79 Å². The first kappa shape index (κ1) is 27.7. The van der Waals surface area contributed by atoms with Crippen LogP contribution in [0.3, 0.4) is 0 Å². The number of carbonyl (C=O) groups is 3. The number of carbonyl (C=O) groups excluding carboxylic acids is 3. The van der Waals surface area contributed by atoms with Crippen molar-refractivity contribution >= 4 is 35.3 Å². The Labute approximate surface area is 228 Å². The zero-order valence-corrected chi connectivity index (χ0v) is 20.7. The normalized spacial score (nSPS) is 11.2. The molecule has 40 heavy (non-hydrogen) atoms. The smallest absolute Gasteiger partial charge is 0.284 e. The van der Waals surface area contributed by atoms with Gasteiger partial charge in [-0.1, -0.05) is 23.7 Å². The third-order valence-electron chi connectivity index (χ3n) is 5.25. The number of rotatable bonds is 6. The summed E-state index contributed by atoms with van der Waals surface area (Å²) in [4.78, 5) is 40.0. The maximum Gasteiger partial charge on any atom is 0.454 e. The standard InChI is InChI=1S/C26H15ClF3N7O3/c27-18-3-1-2-4-20(18)37-21(11-12-22(38)34-36-25(40)16-7-5-15(13-31)6-8-16)33-35-24(37)19-10-9-17(14-32-19)23(39)26(28,29)30/h1-12,14H,(H,34,38)(H,36,40)/b12-11+. The number of amides is 2. The van der Waals surface area contributed by atoms with Crippen LogP contribution in [0.4, 0.5) is 13.2 Å². The predicted molar refractivity (Wildman–Crippen MR) is 136 cm³/mol. The number of alkyl halides is 3. The molecule has 0 aliphatic rings. The van der Waals surface area contributed by atoms with Crippen molar-refractivity contribution in [2.24, 2.45) is 0 Å². The highest BCUT2D eigenvalue weighted by atomic mass is 35.5. The van der Waals surface area contributed by atoms with Gasteiger partial charge in [0.25, 0.3) is 17.6 Å². The lowest BCUT2D eigenvalue weighted by Crippen LogP contribution is -2.40. The van der Waals surface area contributed by atoms with Crippen LogP contribution in [0, 0.1) is 11.3 Å². The molecule has 2 aromatic heterocycles. The highest BCUT2D eigenvalue weighted by Gasteiger charge is 2.39. The van der Waals surface area contributed by atoms with Gasteiger partial charge in [-0.25, -0.2) is 0 Å². The van der Waals surface area contributed by atoms with Gasteiger partial charge >= 0.3 is 6.18 Å². The lowest BCUT2D eigenvalue weighted by atomic mass is 10.1. The van der Waals surface area contributed by atoms with Crippen LogP contribution in [0.15, 0.2) is 72.9 Å². The number of Topliss-reactive ketones (excluding diaryl/α,β-unsaturated/α-hetero) is 1. The summed E-state index contributed by atoms with van der Waals surface area (Å²) >= 11 is 6.35. The lowest BCUT2D eigenvalue weighted by molar-refractivity contribution is -0.117.